The maximum Gasteiger partial charge on any atom is 0.241 e. The van der Waals surface area contributed by atoms with Gasteiger partial charge in [0.25, 0.3) is 0 Å². The summed E-state index contributed by atoms with van der Waals surface area (Å²) >= 11 is 0. The van der Waals surface area contributed by atoms with Gasteiger partial charge in [-0.3, -0.25) is 4.79 Å². The zero-order valence-electron chi connectivity index (χ0n) is 11.6. The number of hydrogen-bond donors (Lipinski definition) is 3. The summed E-state index contributed by atoms with van der Waals surface area (Å²) in [6.07, 6.45) is 2.41. The highest BCUT2D eigenvalue weighted by Crippen LogP contribution is 2.21. The zero-order chi connectivity index (χ0) is 14.3. The zero-order valence-corrected chi connectivity index (χ0v) is 11.6. The number of aryl methyl sites for hydroxylation is 1. The molecular formula is C14H23N3O2. The second-order valence-electron chi connectivity index (χ2n) is 4.56. The number of ether oxygens (including phenoxy) is 1. The van der Waals surface area contributed by atoms with E-state index in [4.69, 9.17) is 16.2 Å². The number of carbonyl (C=O) groups excluding carboxylic acids is 1. The monoisotopic (exact) mass is 265 g/mol. The van der Waals surface area contributed by atoms with Gasteiger partial charge >= 0.3 is 0 Å². The molecule has 1 aromatic carbocycles. The smallest absolute Gasteiger partial charge is 0.241 e. The van der Waals surface area contributed by atoms with Crippen LogP contribution < -0.4 is 21.5 Å². The molecule has 1 aromatic rings. The van der Waals surface area contributed by atoms with Gasteiger partial charge in [-0.05, 0) is 50.1 Å². The fourth-order valence-electron chi connectivity index (χ4n) is 1.83. The number of benzene rings is 1. The first-order valence-electron chi connectivity index (χ1n) is 6.49. The van der Waals surface area contributed by atoms with E-state index in [2.05, 4.69) is 5.32 Å². The molecule has 0 heterocycles. The van der Waals surface area contributed by atoms with E-state index in [9.17, 15) is 4.79 Å². The molecule has 1 rings (SSSR count). The van der Waals surface area contributed by atoms with E-state index in [0.29, 0.717) is 13.0 Å². The topological polar surface area (TPSA) is 90.4 Å². The summed E-state index contributed by atoms with van der Waals surface area (Å²) in [5, 5.41) is 2.81. The number of nitrogens with one attached hydrogen (secondary N) is 1. The highest BCUT2D eigenvalue weighted by Gasteiger charge is 2.13. The molecule has 0 aliphatic carbocycles. The number of nitrogens with two attached hydrogens (primary N) is 2. The van der Waals surface area contributed by atoms with Crippen molar-refractivity contribution in [2.75, 3.05) is 19.0 Å². The molecule has 5 nitrogen and oxygen atoms in total. The van der Waals surface area contributed by atoms with Crippen LogP contribution in [0.3, 0.4) is 0 Å². The van der Waals surface area contributed by atoms with E-state index in [1.165, 1.54) is 0 Å². The highest BCUT2D eigenvalue weighted by atomic mass is 16.5. The quantitative estimate of drug-likeness (QED) is 0.650. The van der Waals surface area contributed by atoms with Crippen molar-refractivity contribution in [1.82, 2.24) is 0 Å². The fourth-order valence-corrected chi connectivity index (χ4v) is 1.83. The molecule has 0 aliphatic rings. The third-order valence-corrected chi connectivity index (χ3v) is 2.97. The predicted octanol–water partition coefficient (Wildman–Crippen LogP) is 1.40. The minimum Gasteiger partial charge on any atom is -0.496 e. The van der Waals surface area contributed by atoms with Crippen LogP contribution in [0.4, 0.5) is 5.69 Å². The van der Waals surface area contributed by atoms with Gasteiger partial charge < -0.3 is 21.5 Å². The second-order valence-corrected chi connectivity index (χ2v) is 4.56. The van der Waals surface area contributed by atoms with Crippen molar-refractivity contribution in [3.8, 4) is 5.75 Å². The number of unbranched alkanes of at least 4 members (excludes halogenated alkanes) is 1. The van der Waals surface area contributed by atoms with Crippen LogP contribution in [0, 0.1) is 6.92 Å². The molecule has 0 fully saturated rings. The van der Waals surface area contributed by atoms with Crippen LogP contribution in [-0.2, 0) is 4.79 Å². The normalized spacial score (nSPS) is 12.0. The molecule has 5 heteroatoms. The highest BCUT2D eigenvalue weighted by molar-refractivity contribution is 5.94. The molecule has 5 N–H and O–H groups in total. The third kappa shape index (κ3) is 4.89. The molecule has 0 spiro atoms. The molecule has 106 valence electrons. The van der Waals surface area contributed by atoms with Crippen LogP contribution in [0.15, 0.2) is 18.2 Å². The van der Waals surface area contributed by atoms with Gasteiger partial charge in [0.05, 0.1) is 13.2 Å². The maximum absolute atomic E-state index is 11.9. The second kappa shape index (κ2) is 7.76. The minimum absolute atomic E-state index is 0.165. The van der Waals surface area contributed by atoms with Crippen molar-refractivity contribution < 1.29 is 9.53 Å². The van der Waals surface area contributed by atoms with Crippen molar-refractivity contribution in [2.24, 2.45) is 11.5 Å². The first-order chi connectivity index (χ1) is 9.08. The Hall–Kier alpha value is -1.59. The summed E-state index contributed by atoms with van der Waals surface area (Å²) in [5.41, 5.74) is 12.9. The molecule has 0 saturated heterocycles. The van der Waals surface area contributed by atoms with E-state index in [0.717, 1.165) is 29.8 Å². The van der Waals surface area contributed by atoms with E-state index in [-0.39, 0.29) is 5.91 Å². The van der Waals surface area contributed by atoms with E-state index in [1.54, 1.807) is 13.2 Å². The Balaban J connectivity index is 2.54. The number of carbonyl (C=O) groups is 1. The summed E-state index contributed by atoms with van der Waals surface area (Å²) in [4.78, 5) is 11.9. The van der Waals surface area contributed by atoms with Crippen LogP contribution in [0.25, 0.3) is 0 Å². The Labute approximate surface area is 114 Å². The molecule has 0 radical (unpaired) electrons. The molecule has 0 bridgehead atoms. The van der Waals surface area contributed by atoms with Crippen LogP contribution >= 0.6 is 0 Å². The number of amides is 1. The third-order valence-electron chi connectivity index (χ3n) is 2.97. The predicted molar refractivity (Wildman–Crippen MR) is 77.2 cm³/mol. The summed E-state index contributed by atoms with van der Waals surface area (Å²) in [6.45, 7) is 2.56. The lowest BCUT2D eigenvalue weighted by Crippen LogP contribution is -2.35. The summed E-state index contributed by atoms with van der Waals surface area (Å²) in [6, 6.07) is 5.00. The Bertz CT molecular complexity index is 421. The van der Waals surface area contributed by atoms with Crippen molar-refractivity contribution >= 4 is 11.6 Å². The average molecular weight is 265 g/mol. The Kier molecular flexibility index (Phi) is 6.32. The number of anilines is 1. The van der Waals surface area contributed by atoms with Crippen molar-refractivity contribution in [2.45, 2.75) is 32.2 Å². The van der Waals surface area contributed by atoms with Crippen molar-refractivity contribution in [3.63, 3.8) is 0 Å². The maximum atomic E-state index is 11.9. The van der Waals surface area contributed by atoms with Gasteiger partial charge in [-0.25, -0.2) is 0 Å². The van der Waals surface area contributed by atoms with Crippen molar-refractivity contribution in [3.05, 3.63) is 23.8 Å². The molecule has 0 aromatic heterocycles. The molecule has 0 saturated carbocycles. The van der Waals surface area contributed by atoms with E-state index >= 15 is 0 Å². The van der Waals surface area contributed by atoms with Gasteiger partial charge in [-0.15, -0.1) is 0 Å². The van der Waals surface area contributed by atoms with Gasteiger partial charge in [0.1, 0.15) is 5.75 Å². The van der Waals surface area contributed by atoms with E-state index < -0.39 is 6.04 Å². The standard InChI is InChI=1S/C14H23N3O2/c1-10-9-11(6-7-13(10)19-2)17-14(18)12(16)5-3-4-8-15/h6-7,9,12H,3-5,8,15-16H2,1-2H3,(H,17,18). The first-order valence-corrected chi connectivity index (χ1v) is 6.49. The molecule has 19 heavy (non-hydrogen) atoms. The minimum atomic E-state index is -0.492. The number of rotatable bonds is 7. The molecule has 0 aliphatic heterocycles. The van der Waals surface area contributed by atoms with Gasteiger partial charge in [0.15, 0.2) is 0 Å². The summed E-state index contributed by atoms with van der Waals surface area (Å²) < 4.78 is 5.17. The van der Waals surface area contributed by atoms with E-state index in [1.807, 2.05) is 19.1 Å². The fraction of sp³-hybridized carbons (Fsp3) is 0.500. The van der Waals surface area contributed by atoms with Crippen molar-refractivity contribution in [1.29, 1.82) is 0 Å². The largest absolute Gasteiger partial charge is 0.496 e. The molecule has 1 amide bonds. The number of methoxy groups -OCH3 is 1. The lowest BCUT2D eigenvalue weighted by atomic mass is 10.1. The Morgan fingerprint density at radius 1 is 1.42 bits per heavy atom. The molecule has 1 unspecified atom stereocenters. The SMILES string of the molecule is COc1ccc(NC(=O)C(N)CCCCN)cc1C. The van der Waals surface area contributed by atoms with Crippen LogP contribution in [-0.4, -0.2) is 25.6 Å². The average Bonchev–Trinajstić information content (AvgIpc) is 2.39. The Morgan fingerprint density at radius 3 is 2.74 bits per heavy atom. The van der Waals surface area contributed by atoms with Crippen LogP contribution in [0.5, 0.6) is 5.75 Å². The number of hydrogen-bond acceptors (Lipinski definition) is 4. The van der Waals surface area contributed by atoms with Gasteiger partial charge in [-0.2, -0.15) is 0 Å². The lowest BCUT2D eigenvalue weighted by Gasteiger charge is -2.13. The van der Waals surface area contributed by atoms with Gasteiger partial charge in [0.2, 0.25) is 5.91 Å². The lowest BCUT2D eigenvalue weighted by molar-refractivity contribution is -0.117. The van der Waals surface area contributed by atoms with Crippen LogP contribution in [0.2, 0.25) is 0 Å². The summed E-state index contributed by atoms with van der Waals surface area (Å²) in [7, 11) is 1.62. The Morgan fingerprint density at radius 2 is 2.16 bits per heavy atom. The van der Waals surface area contributed by atoms with Gasteiger partial charge in [0, 0.05) is 5.69 Å². The first kappa shape index (κ1) is 15.5. The van der Waals surface area contributed by atoms with Gasteiger partial charge in [-0.1, -0.05) is 6.42 Å². The summed E-state index contributed by atoms with van der Waals surface area (Å²) in [5.74, 6) is 0.631. The molecule has 1 atom stereocenters. The molecular weight excluding hydrogens is 242 g/mol. The van der Waals surface area contributed by atoms with Crippen LogP contribution in [0.1, 0.15) is 24.8 Å².